The van der Waals surface area contributed by atoms with Crippen LogP contribution >= 0.6 is 0 Å². The number of nitriles is 1. The van der Waals surface area contributed by atoms with Crippen LogP contribution in [0.5, 0.6) is 0 Å². The van der Waals surface area contributed by atoms with Crippen molar-refractivity contribution in [1.29, 1.82) is 5.26 Å². The highest BCUT2D eigenvalue weighted by atomic mass is 16.7. The van der Waals surface area contributed by atoms with Crippen molar-refractivity contribution in [3.8, 4) is 6.07 Å². The van der Waals surface area contributed by atoms with Crippen LogP contribution in [0.4, 0.5) is 0 Å². The van der Waals surface area contributed by atoms with Crippen LogP contribution in [0, 0.1) is 17.2 Å². The van der Waals surface area contributed by atoms with E-state index in [1.165, 1.54) is 6.42 Å². The van der Waals surface area contributed by atoms with Gasteiger partial charge in [0, 0.05) is 18.9 Å². The zero-order valence-electron chi connectivity index (χ0n) is 18.3. The van der Waals surface area contributed by atoms with Crippen LogP contribution in [-0.4, -0.2) is 42.9 Å². The van der Waals surface area contributed by atoms with E-state index >= 15 is 0 Å². The molecule has 2 heterocycles. The molecule has 0 aromatic rings. The molecular weight excluding hydrogens is 366 g/mol. The Morgan fingerprint density at radius 3 is 2.76 bits per heavy atom. The fourth-order valence-electron chi connectivity index (χ4n) is 4.21. The number of rotatable bonds is 14. The molecule has 0 aliphatic carbocycles. The summed E-state index contributed by atoms with van der Waals surface area (Å²) < 4.78 is 18.2. The van der Waals surface area contributed by atoms with Crippen molar-refractivity contribution < 1.29 is 19.3 Å². The van der Waals surface area contributed by atoms with Gasteiger partial charge in [0.1, 0.15) is 0 Å². The lowest BCUT2D eigenvalue weighted by molar-refractivity contribution is -0.191. The number of nitrogens with zero attached hydrogens (tertiary/aromatic N) is 1. The van der Waals surface area contributed by atoms with Gasteiger partial charge >= 0.3 is 0 Å². The van der Waals surface area contributed by atoms with Gasteiger partial charge < -0.3 is 19.3 Å². The number of aliphatic hydroxyl groups excluding tert-OH is 1. The van der Waals surface area contributed by atoms with Crippen LogP contribution in [0.15, 0.2) is 12.2 Å². The van der Waals surface area contributed by atoms with Crippen LogP contribution in [-0.2, 0) is 14.2 Å². The molecule has 29 heavy (non-hydrogen) atoms. The highest BCUT2D eigenvalue weighted by molar-refractivity contribution is 5.02. The molecular formula is C24H41NO4. The van der Waals surface area contributed by atoms with Crippen molar-refractivity contribution in [3.63, 3.8) is 0 Å². The number of hydrogen-bond acceptors (Lipinski definition) is 5. The monoisotopic (exact) mass is 407 g/mol. The standard InChI is InChI=1S/C24H41NO4/c1-2-3-7-12-20(26)15-16-21-22(13-8-5-4-6-10-17-25)28-19-23(21)29-24-14-9-11-18-27-24/h15-16,20-24,26H,2-14,18-19H2,1H3/t20?,21-,22-,23-,24?/m1/s1. The Kier molecular flexibility index (Phi) is 12.6. The molecule has 2 fully saturated rings. The predicted molar refractivity (Wildman–Crippen MR) is 114 cm³/mol. The molecule has 0 aromatic heterocycles. The molecule has 166 valence electrons. The minimum Gasteiger partial charge on any atom is -0.389 e. The second kappa shape index (κ2) is 15.0. The molecule has 2 unspecified atom stereocenters. The summed E-state index contributed by atoms with van der Waals surface area (Å²) in [5.74, 6) is 0.167. The Bertz CT molecular complexity index is 484. The summed E-state index contributed by atoms with van der Waals surface area (Å²) in [5, 5.41) is 19.0. The Balaban J connectivity index is 1.85. The summed E-state index contributed by atoms with van der Waals surface area (Å²) in [7, 11) is 0. The van der Waals surface area contributed by atoms with E-state index in [1.54, 1.807) is 0 Å². The fourth-order valence-corrected chi connectivity index (χ4v) is 4.21. The van der Waals surface area contributed by atoms with Crippen molar-refractivity contribution >= 4 is 0 Å². The smallest absolute Gasteiger partial charge is 0.158 e. The van der Waals surface area contributed by atoms with Crippen molar-refractivity contribution in [2.75, 3.05) is 13.2 Å². The maximum absolute atomic E-state index is 10.3. The van der Waals surface area contributed by atoms with E-state index in [1.807, 2.05) is 6.08 Å². The number of ether oxygens (including phenoxy) is 3. The third-order valence-corrected chi connectivity index (χ3v) is 5.98. The molecule has 0 bridgehead atoms. The predicted octanol–water partition coefficient (Wildman–Crippen LogP) is 5.27. The van der Waals surface area contributed by atoms with Gasteiger partial charge in [0.2, 0.25) is 0 Å². The van der Waals surface area contributed by atoms with Gasteiger partial charge in [-0.25, -0.2) is 0 Å². The molecule has 5 heteroatoms. The maximum Gasteiger partial charge on any atom is 0.158 e. The topological polar surface area (TPSA) is 71.7 Å². The molecule has 2 aliphatic rings. The Labute approximate surface area is 177 Å². The van der Waals surface area contributed by atoms with Gasteiger partial charge in [-0.3, -0.25) is 0 Å². The summed E-state index contributed by atoms with van der Waals surface area (Å²) in [4.78, 5) is 0. The molecule has 2 aliphatic heterocycles. The largest absolute Gasteiger partial charge is 0.389 e. The second-order valence-electron chi connectivity index (χ2n) is 8.48. The normalized spacial score (nSPS) is 28.6. The van der Waals surface area contributed by atoms with Crippen LogP contribution in [0.25, 0.3) is 0 Å². The van der Waals surface area contributed by atoms with Crippen molar-refractivity contribution in [3.05, 3.63) is 12.2 Å². The second-order valence-corrected chi connectivity index (χ2v) is 8.48. The van der Waals surface area contributed by atoms with Crippen molar-refractivity contribution in [2.45, 2.75) is 115 Å². The molecule has 2 saturated heterocycles. The fraction of sp³-hybridized carbons (Fsp3) is 0.875. The molecule has 5 nitrogen and oxygen atoms in total. The molecule has 2 rings (SSSR count). The van der Waals surface area contributed by atoms with E-state index in [4.69, 9.17) is 19.5 Å². The quantitative estimate of drug-likeness (QED) is 0.313. The molecule has 0 radical (unpaired) electrons. The lowest BCUT2D eigenvalue weighted by atomic mass is 9.93. The van der Waals surface area contributed by atoms with E-state index in [0.29, 0.717) is 13.0 Å². The third kappa shape index (κ3) is 9.61. The first-order valence-corrected chi connectivity index (χ1v) is 11.9. The average Bonchev–Trinajstić information content (AvgIpc) is 3.11. The average molecular weight is 408 g/mol. The summed E-state index contributed by atoms with van der Waals surface area (Å²) in [5.41, 5.74) is 0. The van der Waals surface area contributed by atoms with Gasteiger partial charge in [0.25, 0.3) is 0 Å². The number of unbranched alkanes of at least 4 members (excludes halogenated alkanes) is 6. The highest BCUT2D eigenvalue weighted by Gasteiger charge is 2.37. The Morgan fingerprint density at radius 1 is 1.14 bits per heavy atom. The lowest BCUT2D eigenvalue weighted by Crippen LogP contribution is -2.33. The van der Waals surface area contributed by atoms with E-state index < -0.39 is 0 Å². The van der Waals surface area contributed by atoms with Crippen LogP contribution in [0.1, 0.15) is 90.4 Å². The lowest BCUT2D eigenvalue weighted by Gasteiger charge is -2.28. The third-order valence-electron chi connectivity index (χ3n) is 5.98. The van der Waals surface area contributed by atoms with E-state index in [0.717, 1.165) is 77.2 Å². The van der Waals surface area contributed by atoms with Crippen molar-refractivity contribution in [2.24, 2.45) is 5.92 Å². The Morgan fingerprint density at radius 2 is 2.00 bits per heavy atom. The zero-order chi connectivity index (χ0) is 20.7. The summed E-state index contributed by atoms with van der Waals surface area (Å²) in [6, 6.07) is 2.21. The molecule has 0 aromatic carbocycles. The van der Waals surface area contributed by atoms with Crippen LogP contribution < -0.4 is 0 Å². The zero-order valence-corrected chi connectivity index (χ0v) is 18.3. The first-order valence-electron chi connectivity index (χ1n) is 11.9. The Hall–Kier alpha value is -0.930. The molecule has 0 amide bonds. The van der Waals surface area contributed by atoms with E-state index in [2.05, 4.69) is 19.1 Å². The van der Waals surface area contributed by atoms with Crippen LogP contribution in [0.3, 0.4) is 0 Å². The molecule has 5 atom stereocenters. The van der Waals surface area contributed by atoms with E-state index in [9.17, 15) is 5.11 Å². The van der Waals surface area contributed by atoms with E-state index in [-0.39, 0.29) is 30.5 Å². The number of hydrogen-bond donors (Lipinski definition) is 1. The minimum absolute atomic E-state index is 0.000723. The summed E-state index contributed by atoms with van der Waals surface area (Å²) >= 11 is 0. The minimum atomic E-state index is -0.389. The number of aliphatic hydroxyl groups is 1. The van der Waals surface area contributed by atoms with Gasteiger partial charge in [-0.2, -0.15) is 5.26 Å². The highest BCUT2D eigenvalue weighted by Crippen LogP contribution is 2.31. The van der Waals surface area contributed by atoms with Gasteiger partial charge in [0.05, 0.1) is 31.0 Å². The van der Waals surface area contributed by atoms with Gasteiger partial charge in [-0.15, -0.1) is 0 Å². The maximum atomic E-state index is 10.3. The summed E-state index contributed by atoms with van der Waals surface area (Å²) in [6.07, 6.45) is 17.1. The van der Waals surface area contributed by atoms with Crippen LogP contribution in [0.2, 0.25) is 0 Å². The molecule has 0 spiro atoms. The summed E-state index contributed by atoms with van der Waals surface area (Å²) in [6.45, 7) is 3.55. The SMILES string of the molecule is CCCCCC(O)C=C[C@@H]1[C@@H](CCCCCCC#N)OC[C@H]1OC1CCCCO1. The molecule has 1 N–H and O–H groups in total. The first kappa shape index (κ1) is 24.3. The first-order chi connectivity index (χ1) is 14.2. The van der Waals surface area contributed by atoms with Gasteiger partial charge in [-0.1, -0.05) is 57.6 Å². The molecule has 0 saturated carbocycles. The van der Waals surface area contributed by atoms with Crippen molar-refractivity contribution in [1.82, 2.24) is 0 Å². The van der Waals surface area contributed by atoms with Gasteiger partial charge in [-0.05, 0) is 38.5 Å². The van der Waals surface area contributed by atoms with Gasteiger partial charge in [0.15, 0.2) is 6.29 Å².